The summed E-state index contributed by atoms with van der Waals surface area (Å²) in [6.07, 6.45) is 18.1. The lowest BCUT2D eigenvalue weighted by Crippen LogP contribution is -2.27. The summed E-state index contributed by atoms with van der Waals surface area (Å²) in [6, 6.07) is 36.4. The summed E-state index contributed by atoms with van der Waals surface area (Å²) in [6.45, 7) is 23.1. The second kappa shape index (κ2) is 26.9. The van der Waals surface area contributed by atoms with Crippen molar-refractivity contribution in [2.45, 2.75) is 135 Å². The van der Waals surface area contributed by atoms with Crippen LogP contribution in [-0.2, 0) is 41.9 Å². The first-order valence-electron chi connectivity index (χ1n) is 31.7. The summed E-state index contributed by atoms with van der Waals surface area (Å²) < 4.78 is 8.42. The number of fused-ring (bicyclic) bond motifs is 8. The molecule has 92 heavy (non-hydrogen) atoms. The Hall–Kier alpha value is -9.96. The SMILES string of the molecule is CC(C)(C)C(=O)Nc1ccccc1-c1c2nc(c(-c3ccccc3NC(=O)C(C)(C)C)c3cc(COC(=O)CCCCCCCn4ccnc4)c([nH]3)c(-c3ccccc3NC(=O)C(C)(C)C)c3nc(c(-c4ccccc4NC(=O)C(C)(C)C)c4ccc1[nH]4)C=C3)C=C2. The summed E-state index contributed by atoms with van der Waals surface area (Å²) in [5.41, 5.74) is 9.41. The first-order chi connectivity index (χ1) is 43.7. The Morgan fingerprint density at radius 1 is 0.446 bits per heavy atom. The van der Waals surface area contributed by atoms with Gasteiger partial charge in [0.1, 0.15) is 6.61 Å². The van der Waals surface area contributed by atoms with Gasteiger partial charge in [0.25, 0.3) is 0 Å². The summed E-state index contributed by atoms with van der Waals surface area (Å²) in [5, 5.41) is 13.0. The van der Waals surface area contributed by atoms with Crippen LogP contribution in [0.15, 0.2) is 134 Å². The van der Waals surface area contributed by atoms with E-state index in [9.17, 15) is 24.0 Å². The van der Waals surface area contributed by atoms with Crippen LogP contribution in [-0.4, -0.2) is 59.1 Å². The molecule has 474 valence electrons. The van der Waals surface area contributed by atoms with Gasteiger partial charge in [-0.1, -0.05) is 175 Å². The Morgan fingerprint density at radius 2 is 0.815 bits per heavy atom. The number of nitrogens with one attached hydrogen (secondary N) is 6. The lowest BCUT2D eigenvalue weighted by molar-refractivity contribution is -0.145. The highest BCUT2D eigenvalue weighted by atomic mass is 16.5. The maximum atomic E-state index is 14.2. The summed E-state index contributed by atoms with van der Waals surface area (Å²) >= 11 is 0. The van der Waals surface area contributed by atoms with E-state index in [1.807, 2.05) is 235 Å². The first kappa shape index (κ1) is 65.0. The van der Waals surface area contributed by atoms with Gasteiger partial charge >= 0.3 is 5.97 Å². The van der Waals surface area contributed by atoms with Gasteiger partial charge in [-0.2, -0.15) is 0 Å². The summed E-state index contributed by atoms with van der Waals surface area (Å²) in [4.78, 5) is 93.5. The number of hydrogen-bond acceptors (Lipinski definition) is 9. The molecule has 0 aliphatic carbocycles. The van der Waals surface area contributed by atoms with Gasteiger partial charge < -0.3 is 40.5 Å². The number of hydrogen-bond donors (Lipinski definition) is 6. The maximum Gasteiger partial charge on any atom is 0.306 e. The number of H-pyrrole nitrogens is 2. The molecule has 8 aromatic rings. The van der Waals surface area contributed by atoms with E-state index >= 15 is 0 Å². The second-order valence-electron chi connectivity index (χ2n) is 27.8. The Kier molecular flexibility index (Phi) is 19.0. The number of ether oxygens (including phenoxy) is 1. The lowest BCUT2D eigenvalue weighted by atomic mass is 9.94. The van der Waals surface area contributed by atoms with Crippen LogP contribution < -0.4 is 21.3 Å². The predicted octanol–water partition coefficient (Wildman–Crippen LogP) is 17.5. The molecule has 16 heteroatoms. The number of carbonyl (C=O) groups is 5. The minimum Gasteiger partial charge on any atom is -0.461 e. The minimum atomic E-state index is -0.775. The van der Waals surface area contributed by atoms with Crippen LogP contribution in [0, 0.1) is 21.7 Å². The number of aromatic nitrogens is 6. The fourth-order valence-electron chi connectivity index (χ4n) is 10.8. The fraction of sp³-hybridized carbons (Fsp3) is 0.316. The molecule has 2 aliphatic heterocycles. The van der Waals surface area contributed by atoms with Gasteiger partial charge in [-0.3, -0.25) is 24.0 Å². The molecule has 6 N–H and O–H groups in total. The number of amides is 4. The van der Waals surface area contributed by atoms with Crippen LogP contribution in [0.2, 0.25) is 0 Å². The molecule has 10 rings (SSSR count). The molecule has 2 aliphatic rings. The average Bonchev–Trinajstić information content (AvgIpc) is 1.59. The standard InChI is InChI=1S/C76H84N10O6/c1-73(2,3)69(88)82-52-30-21-17-26-48(52)64-56-35-36-57(78-56)65(49-27-18-22-31-53(49)83-70(89)74(4,5)6)59-39-40-61(80-59)67(51-29-20-24-33-55(51)85-72(91)76(10,11)12)68-47(45-92-63(87)34-16-14-13-15-25-42-86-43-41-77-46-86)44-62(81-68)66(60-38-37-58(64)79-60)50-28-19-23-32-54(50)84-71(90)75(7,8)9/h17-24,26-33,35-41,43-44,46,78,81H,13-16,25,34,42,45H2,1-12H3,(H,82,88)(H,83,89)(H,84,90)(H,85,91). The Bertz CT molecular complexity index is 4360. The highest BCUT2D eigenvalue weighted by molar-refractivity contribution is 6.09. The highest BCUT2D eigenvalue weighted by Gasteiger charge is 2.30. The van der Waals surface area contributed by atoms with Crippen LogP contribution in [0.5, 0.6) is 0 Å². The molecular weight excluding hydrogens is 1150 g/mol. The van der Waals surface area contributed by atoms with Gasteiger partial charge in [0.2, 0.25) is 23.6 Å². The average molecular weight is 1230 g/mol. The number of para-hydroxylation sites is 4. The highest BCUT2D eigenvalue weighted by Crippen LogP contribution is 2.45. The largest absolute Gasteiger partial charge is 0.461 e. The van der Waals surface area contributed by atoms with Gasteiger partial charge in [0.05, 0.1) is 34.6 Å². The Balaban J connectivity index is 1.31. The molecule has 16 nitrogen and oxygen atoms in total. The normalized spacial score (nSPS) is 12.4. The third kappa shape index (κ3) is 14.9. The second-order valence-corrected chi connectivity index (χ2v) is 27.8. The maximum absolute atomic E-state index is 14.2. The van der Waals surface area contributed by atoms with E-state index < -0.39 is 21.7 Å². The molecule has 4 amide bonds. The predicted molar refractivity (Wildman–Crippen MR) is 373 cm³/mol. The number of benzene rings is 4. The quantitative estimate of drug-likeness (QED) is 0.0355. The molecule has 0 fully saturated rings. The van der Waals surface area contributed by atoms with Crippen molar-refractivity contribution in [3.63, 3.8) is 0 Å². The number of anilines is 4. The molecule has 0 unspecified atom stereocenters. The third-order valence-corrected chi connectivity index (χ3v) is 16.2. The molecule has 6 heterocycles. The molecule has 0 saturated heterocycles. The van der Waals surface area contributed by atoms with Crippen LogP contribution in [0.3, 0.4) is 0 Å². The molecule has 0 spiro atoms. The van der Waals surface area contributed by atoms with Crippen molar-refractivity contribution in [1.29, 1.82) is 0 Å². The van der Waals surface area contributed by atoms with Crippen molar-refractivity contribution in [3.05, 3.63) is 162 Å². The van der Waals surface area contributed by atoms with Gasteiger partial charge in [-0.25, -0.2) is 15.0 Å². The van der Waals surface area contributed by atoms with Crippen molar-refractivity contribution >= 4 is 98.7 Å². The number of aromatic amines is 2. The smallest absolute Gasteiger partial charge is 0.306 e. The molecule has 0 atom stereocenters. The van der Waals surface area contributed by atoms with Crippen LogP contribution >= 0.6 is 0 Å². The fourth-order valence-corrected chi connectivity index (χ4v) is 10.8. The third-order valence-electron chi connectivity index (χ3n) is 16.2. The molecule has 4 aromatic carbocycles. The number of nitrogens with zero attached hydrogens (tertiary/aromatic N) is 4. The van der Waals surface area contributed by atoms with Crippen LogP contribution in [0.4, 0.5) is 22.7 Å². The summed E-state index contributed by atoms with van der Waals surface area (Å²) in [7, 11) is 0. The lowest BCUT2D eigenvalue weighted by Gasteiger charge is -2.20. The molecular formula is C76H84N10O6. The number of carbonyl (C=O) groups excluding carboxylic acids is 5. The minimum absolute atomic E-state index is 0.156. The van der Waals surface area contributed by atoms with E-state index in [4.69, 9.17) is 14.7 Å². The number of imidazole rings is 1. The van der Waals surface area contributed by atoms with Crippen LogP contribution in [0.25, 0.3) is 90.9 Å². The number of unbranched alkanes of at least 4 members (excludes halogenated alkanes) is 4. The van der Waals surface area contributed by atoms with E-state index in [1.165, 1.54) is 0 Å². The molecule has 4 aromatic heterocycles. The zero-order valence-corrected chi connectivity index (χ0v) is 54.9. The summed E-state index contributed by atoms with van der Waals surface area (Å²) in [5.74, 6) is -1.12. The van der Waals surface area contributed by atoms with E-state index in [1.54, 1.807) is 6.20 Å². The zero-order valence-electron chi connectivity index (χ0n) is 54.9. The Labute approximate surface area is 538 Å². The Morgan fingerprint density at radius 3 is 1.22 bits per heavy atom. The van der Waals surface area contributed by atoms with Crippen LogP contribution in [0.1, 0.15) is 150 Å². The van der Waals surface area contributed by atoms with E-state index in [-0.39, 0.29) is 42.6 Å². The van der Waals surface area contributed by atoms with Gasteiger partial charge in [-0.05, 0) is 79.6 Å². The topological polar surface area (TPSA) is 218 Å². The first-order valence-corrected chi connectivity index (χ1v) is 31.7. The van der Waals surface area contributed by atoms with Crippen molar-refractivity contribution < 1.29 is 28.7 Å². The number of aryl methyl sites for hydroxylation is 1. The van der Waals surface area contributed by atoms with Crippen molar-refractivity contribution in [2.24, 2.45) is 21.7 Å². The van der Waals surface area contributed by atoms with Gasteiger partial charge in [0, 0.05) is 136 Å². The van der Waals surface area contributed by atoms with Gasteiger partial charge in [0.15, 0.2) is 0 Å². The molecule has 0 radical (unpaired) electrons. The van der Waals surface area contributed by atoms with E-state index in [0.717, 1.165) is 32.2 Å². The van der Waals surface area contributed by atoms with Crippen molar-refractivity contribution in [3.8, 4) is 44.5 Å². The van der Waals surface area contributed by atoms with Gasteiger partial charge in [-0.15, -0.1) is 0 Å². The van der Waals surface area contributed by atoms with Crippen molar-refractivity contribution in [2.75, 3.05) is 21.3 Å². The molecule has 8 bridgehead atoms. The molecule has 0 saturated carbocycles. The number of rotatable bonds is 18. The number of esters is 1. The zero-order chi connectivity index (χ0) is 65.7. The van der Waals surface area contributed by atoms with E-state index in [0.29, 0.717) is 124 Å². The van der Waals surface area contributed by atoms with E-state index in [2.05, 4.69) is 40.8 Å². The monoisotopic (exact) mass is 1230 g/mol. The van der Waals surface area contributed by atoms with Crippen molar-refractivity contribution in [1.82, 2.24) is 29.5 Å².